The van der Waals surface area contributed by atoms with Crippen LogP contribution >= 0.6 is 0 Å². The predicted octanol–water partition coefficient (Wildman–Crippen LogP) is 1.57. The number of carbonyl (C=O) groups excluding carboxylic acids is 1. The number of carbonyl (C=O) groups is 1. The summed E-state index contributed by atoms with van der Waals surface area (Å²) in [6, 6.07) is 5.83. The van der Waals surface area contributed by atoms with Gasteiger partial charge in [0.1, 0.15) is 5.75 Å². The molecule has 2 rings (SSSR count). The van der Waals surface area contributed by atoms with Gasteiger partial charge in [-0.1, -0.05) is 0 Å². The third-order valence-electron chi connectivity index (χ3n) is 4.37. The van der Waals surface area contributed by atoms with Crippen molar-refractivity contribution in [3.05, 3.63) is 24.3 Å². The molecule has 0 amide bonds. The molecule has 8 nitrogen and oxygen atoms in total. The SMILES string of the molecule is COC(=O)CCOc1ccc(S(=O)(=O)N(CC(C)(C)O)C2CCOCC2)cc1. The molecule has 9 heteroatoms. The van der Waals surface area contributed by atoms with E-state index in [0.717, 1.165) is 0 Å². The topological polar surface area (TPSA) is 102 Å². The highest BCUT2D eigenvalue weighted by Crippen LogP contribution is 2.27. The lowest BCUT2D eigenvalue weighted by Crippen LogP contribution is -2.49. The maximum Gasteiger partial charge on any atom is 0.308 e. The molecule has 1 aliphatic rings. The lowest BCUT2D eigenvalue weighted by molar-refractivity contribution is -0.141. The van der Waals surface area contributed by atoms with Crippen LogP contribution in [-0.2, 0) is 24.3 Å². The molecular weight excluding hydrogens is 386 g/mol. The first kappa shape index (κ1) is 22.6. The minimum absolute atomic E-state index is 0.00260. The van der Waals surface area contributed by atoms with Crippen LogP contribution in [0.1, 0.15) is 33.1 Å². The number of hydrogen-bond acceptors (Lipinski definition) is 7. The van der Waals surface area contributed by atoms with Gasteiger partial charge in [-0.15, -0.1) is 0 Å². The fraction of sp³-hybridized carbons (Fsp3) is 0.632. The van der Waals surface area contributed by atoms with Crippen LogP contribution in [0.3, 0.4) is 0 Å². The molecule has 0 radical (unpaired) electrons. The number of methoxy groups -OCH3 is 1. The Morgan fingerprint density at radius 3 is 2.39 bits per heavy atom. The van der Waals surface area contributed by atoms with Crippen LogP contribution < -0.4 is 4.74 Å². The summed E-state index contributed by atoms with van der Waals surface area (Å²) in [6.45, 7) is 4.31. The molecule has 158 valence electrons. The fourth-order valence-electron chi connectivity index (χ4n) is 2.96. The normalized spacial score (nSPS) is 16.2. The van der Waals surface area contributed by atoms with Crippen molar-refractivity contribution in [1.29, 1.82) is 0 Å². The average Bonchev–Trinajstić information content (AvgIpc) is 2.66. The zero-order chi connectivity index (χ0) is 20.8. The number of esters is 1. The molecule has 1 aromatic rings. The lowest BCUT2D eigenvalue weighted by atomic mass is 10.1. The van der Waals surface area contributed by atoms with E-state index in [9.17, 15) is 18.3 Å². The highest BCUT2D eigenvalue weighted by Gasteiger charge is 2.36. The maximum absolute atomic E-state index is 13.2. The number of benzene rings is 1. The Kier molecular flexibility index (Phi) is 7.82. The quantitative estimate of drug-likeness (QED) is 0.611. The van der Waals surface area contributed by atoms with Crippen LogP contribution in [-0.4, -0.2) is 68.9 Å². The van der Waals surface area contributed by atoms with E-state index in [0.29, 0.717) is 31.8 Å². The van der Waals surface area contributed by atoms with E-state index in [2.05, 4.69) is 4.74 Å². The van der Waals surface area contributed by atoms with Gasteiger partial charge in [0.2, 0.25) is 10.0 Å². The molecule has 1 saturated heterocycles. The van der Waals surface area contributed by atoms with Crippen molar-refractivity contribution in [2.45, 2.75) is 49.6 Å². The first-order valence-electron chi connectivity index (χ1n) is 9.25. The summed E-state index contributed by atoms with van der Waals surface area (Å²) in [5.41, 5.74) is -1.16. The van der Waals surface area contributed by atoms with Gasteiger partial charge < -0.3 is 19.3 Å². The van der Waals surface area contributed by atoms with Crippen LogP contribution in [0.15, 0.2) is 29.2 Å². The Bertz CT molecular complexity index is 735. The molecule has 0 unspecified atom stereocenters. The van der Waals surface area contributed by atoms with Crippen LogP contribution in [0.2, 0.25) is 0 Å². The number of nitrogens with zero attached hydrogens (tertiary/aromatic N) is 1. The molecule has 0 aromatic heterocycles. The van der Waals surface area contributed by atoms with Crippen LogP contribution in [0.4, 0.5) is 0 Å². The van der Waals surface area contributed by atoms with Gasteiger partial charge in [-0.2, -0.15) is 4.31 Å². The van der Waals surface area contributed by atoms with Crippen molar-refractivity contribution in [2.75, 3.05) is 33.5 Å². The van der Waals surface area contributed by atoms with E-state index in [-0.39, 0.29) is 36.5 Å². The summed E-state index contributed by atoms with van der Waals surface area (Å²) in [4.78, 5) is 11.2. The third kappa shape index (κ3) is 6.44. The van der Waals surface area contributed by atoms with Gasteiger partial charge in [-0.25, -0.2) is 8.42 Å². The Balaban J connectivity index is 2.15. The number of rotatable bonds is 9. The zero-order valence-electron chi connectivity index (χ0n) is 16.6. The molecule has 0 aliphatic carbocycles. The summed E-state index contributed by atoms with van der Waals surface area (Å²) in [6.07, 6.45) is 1.29. The third-order valence-corrected chi connectivity index (χ3v) is 6.29. The van der Waals surface area contributed by atoms with Crippen molar-refractivity contribution < 1.29 is 32.5 Å². The predicted molar refractivity (Wildman–Crippen MR) is 103 cm³/mol. The maximum atomic E-state index is 13.2. The standard InChI is InChI=1S/C19H29NO7S/c1-19(2,22)14-20(15-8-11-26-12-9-15)28(23,24)17-6-4-16(5-7-17)27-13-10-18(21)25-3/h4-7,15,22H,8-14H2,1-3H3. The minimum atomic E-state index is -3.80. The van der Waals surface area contributed by atoms with Gasteiger partial charge >= 0.3 is 5.97 Å². The van der Waals surface area contributed by atoms with E-state index >= 15 is 0 Å². The Hall–Kier alpha value is -1.68. The second kappa shape index (κ2) is 9.69. The molecule has 1 N–H and O–H groups in total. The Labute approximate surface area is 166 Å². The molecule has 0 bridgehead atoms. The smallest absolute Gasteiger partial charge is 0.308 e. The molecule has 0 saturated carbocycles. The van der Waals surface area contributed by atoms with Crippen LogP contribution in [0.25, 0.3) is 0 Å². The second-order valence-electron chi connectivity index (χ2n) is 7.35. The zero-order valence-corrected chi connectivity index (χ0v) is 17.4. The molecule has 1 heterocycles. The van der Waals surface area contributed by atoms with Crippen LogP contribution in [0, 0.1) is 0 Å². The number of sulfonamides is 1. The van der Waals surface area contributed by atoms with E-state index in [1.54, 1.807) is 26.0 Å². The van der Waals surface area contributed by atoms with Crippen molar-refractivity contribution in [3.8, 4) is 5.75 Å². The molecule has 1 aliphatic heterocycles. The molecule has 0 spiro atoms. The Morgan fingerprint density at radius 1 is 1.25 bits per heavy atom. The van der Waals surface area contributed by atoms with Gasteiger partial charge in [0, 0.05) is 25.8 Å². The van der Waals surface area contributed by atoms with Crippen molar-refractivity contribution in [1.82, 2.24) is 4.31 Å². The first-order chi connectivity index (χ1) is 13.1. The number of ether oxygens (including phenoxy) is 3. The summed E-state index contributed by atoms with van der Waals surface area (Å²) in [7, 11) is -2.50. The summed E-state index contributed by atoms with van der Waals surface area (Å²) in [5, 5.41) is 10.2. The number of hydrogen-bond donors (Lipinski definition) is 1. The van der Waals surface area contributed by atoms with Gasteiger partial charge in [0.15, 0.2) is 0 Å². The van der Waals surface area contributed by atoms with E-state index in [1.165, 1.54) is 23.5 Å². The summed E-state index contributed by atoms with van der Waals surface area (Å²) in [5.74, 6) is 0.0841. The molecule has 0 atom stereocenters. The fourth-order valence-corrected chi connectivity index (χ4v) is 4.80. The van der Waals surface area contributed by atoms with Crippen molar-refractivity contribution in [2.24, 2.45) is 0 Å². The van der Waals surface area contributed by atoms with Crippen molar-refractivity contribution >= 4 is 16.0 Å². The first-order valence-corrected chi connectivity index (χ1v) is 10.7. The molecular formula is C19H29NO7S. The monoisotopic (exact) mass is 415 g/mol. The highest BCUT2D eigenvalue weighted by atomic mass is 32.2. The average molecular weight is 416 g/mol. The van der Waals surface area contributed by atoms with Gasteiger partial charge in [0.25, 0.3) is 0 Å². The largest absolute Gasteiger partial charge is 0.493 e. The van der Waals surface area contributed by atoms with Crippen molar-refractivity contribution in [3.63, 3.8) is 0 Å². The van der Waals surface area contributed by atoms with E-state index < -0.39 is 15.6 Å². The minimum Gasteiger partial charge on any atom is -0.493 e. The highest BCUT2D eigenvalue weighted by molar-refractivity contribution is 7.89. The molecule has 28 heavy (non-hydrogen) atoms. The Morgan fingerprint density at radius 2 is 1.86 bits per heavy atom. The van der Waals surface area contributed by atoms with E-state index in [4.69, 9.17) is 9.47 Å². The molecule has 1 fully saturated rings. The van der Waals surface area contributed by atoms with Crippen LogP contribution in [0.5, 0.6) is 5.75 Å². The van der Waals surface area contributed by atoms with E-state index in [1.807, 2.05) is 0 Å². The summed E-state index contributed by atoms with van der Waals surface area (Å²) < 4.78 is 43.2. The molecule has 1 aromatic carbocycles. The van der Waals surface area contributed by atoms with Gasteiger partial charge in [0.05, 0.1) is 30.6 Å². The van der Waals surface area contributed by atoms with Gasteiger partial charge in [-0.05, 0) is 51.0 Å². The van der Waals surface area contributed by atoms with Gasteiger partial charge in [-0.3, -0.25) is 4.79 Å². The number of aliphatic hydroxyl groups is 1. The second-order valence-corrected chi connectivity index (χ2v) is 9.24. The summed E-state index contributed by atoms with van der Waals surface area (Å²) >= 11 is 0. The lowest BCUT2D eigenvalue weighted by Gasteiger charge is -2.36.